The average Bonchev–Trinajstić information content (AvgIpc) is 2.65. The molecule has 0 saturated carbocycles. The molecule has 1 aliphatic rings. The maximum absolute atomic E-state index is 11.8. The molecule has 0 spiro atoms. The minimum atomic E-state index is -1.04. The van der Waals surface area contributed by atoms with Crippen LogP contribution in [0.2, 0.25) is 0 Å². The summed E-state index contributed by atoms with van der Waals surface area (Å²) in [6.45, 7) is 3.56. The van der Waals surface area contributed by atoms with Gasteiger partial charge in [-0.3, -0.25) is 4.79 Å². The molecule has 98 valence electrons. The Morgan fingerprint density at radius 2 is 2.06 bits per heavy atom. The monoisotopic (exact) mass is 249 g/mol. The lowest BCUT2D eigenvalue weighted by Gasteiger charge is -2.21. The number of aliphatic hydroxyl groups is 2. The summed E-state index contributed by atoms with van der Waals surface area (Å²) in [5, 5.41) is 22.4. The van der Waals surface area contributed by atoms with E-state index < -0.39 is 24.2 Å². The maximum Gasteiger partial charge on any atom is 0.249 e. The largest absolute Gasteiger partial charge is 0.390 e. The molecular formula is C14H19NO3. The first-order chi connectivity index (χ1) is 8.50. The molecule has 1 aliphatic carbocycles. The lowest BCUT2D eigenvalue weighted by atomic mass is 10.0. The molecule has 1 aromatic rings. The fraction of sp³-hybridized carbons (Fsp3) is 0.500. The van der Waals surface area contributed by atoms with Crippen molar-refractivity contribution in [3.8, 4) is 0 Å². The summed E-state index contributed by atoms with van der Waals surface area (Å²) in [6.07, 6.45) is -1.12. The summed E-state index contributed by atoms with van der Waals surface area (Å²) in [5.41, 5.74) is 1.99. The van der Waals surface area contributed by atoms with E-state index in [-0.39, 0.29) is 5.92 Å². The van der Waals surface area contributed by atoms with Crippen LogP contribution in [0.15, 0.2) is 24.3 Å². The van der Waals surface area contributed by atoms with Gasteiger partial charge in [-0.05, 0) is 17.0 Å². The Kier molecular flexibility index (Phi) is 3.68. The predicted octanol–water partition coefficient (Wildman–Crippen LogP) is 0.778. The Morgan fingerprint density at radius 1 is 1.39 bits per heavy atom. The zero-order valence-electron chi connectivity index (χ0n) is 10.6. The molecule has 1 aromatic carbocycles. The van der Waals surface area contributed by atoms with Gasteiger partial charge in [-0.1, -0.05) is 38.1 Å². The van der Waals surface area contributed by atoms with E-state index in [4.69, 9.17) is 0 Å². The van der Waals surface area contributed by atoms with Crippen LogP contribution in [0, 0.1) is 5.92 Å². The molecule has 0 saturated heterocycles. The fourth-order valence-corrected chi connectivity index (χ4v) is 2.29. The van der Waals surface area contributed by atoms with Crippen molar-refractivity contribution < 1.29 is 15.0 Å². The van der Waals surface area contributed by atoms with E-state index in [1.54, 1.807) is 13.8 Å². The van der Waals surface area contributed by atoms with E-state index >= 15 is 0 Å². The van der Waals surface area contributed by atoms with E-state index in [0.29, 0.717) is 6.42 Å². The Balaban J connectivity index is 2.13. The number of rotatable bonds is 3. The number of aliphatic hydroxyl groups excluding tert-OH is 2. The molecule has 0 unspecified atom stereocenters. The molecule has 3 N–H and O–H groups in total. The number of carbonyl (C=O) groups excluding carboxylic acids is 1. The Labute approximate surface area is 107 Å². The first kappa shape index (κ1) is 13.1. The number of fused-ring (bicyclic) bond motifs is 1. The van der Waals surface area contributed by atoms with Gasteiger partial charge in [0.1, 0.15) is 6.10 Å². The maximum atomic E-state index is 11.8. The molecule has 4 heteroatoms. The van der Waals surface area contributed by atoms with Crippen molar-refractivity contribution in [1.82, 2.24) is 5.32 Å². The normalized spacial score (nSPS) is 23.8. The van der Waals surface area contributed by atoms with Crippen LogP contribution in [0.3, 0.4) is 0 Å². The highest BCUT2D eigenvalue weighted by molar-refractivity contribution is 5.81. The third-order valence-electron chi connectivity index (χ3n) is 3.40. The molecule has 0 fully saturated rings. The molecule has 0 bridgehead atoms. The summed E-state index contributed by atoms with van der Waals surface area (Å²) in [6, 6.07) is 7.23. The van der Waals surface area contributed by atoms with Gasteiger partial charge in [0, 0.05) is 6.42 Å². The lowest BCUT2D eigenvalue weighted by molar-refractivity contribution is -0.132. The van der Waals surface area contributed by atoms with Crippen LogP contribution in [-0.2, 0) is 11.2 Å². The number of hydrogen-bond donors (Lipinski definition) is 3. The third kappa shape index (κ3) is 2.40. The van der Waals surface area contributed by atoms with E-state index in [0.717, 1.165) is 11.1 Å². The van der Waals surface area contributed by atoms with E-state index in [2.05, 4.69) is 5.32 Å². The molecule has 3 atom stereocenters. The minimum absolute atomic E-state index is 0.140. The van der Waals surface area contributed by atoms with Crippen molar-refractivity contribution in [2.75, 3.05) is 0 Å². The average molecular weight is 249 g/mol. The van der Waals surface area contributed by atoms with Crippen molar-refractivity contribution in [3.05, 3.63) is 35.4 Å². The highest BCUT2D eigenvalue weighted by atomic mass is 16.3. The number of benzene rings is 1. The SMILES string of the molecule is CC(C)[C@H](O)C(=O)N[C@@H]1c2ccccc2C[C@@H]1O. The Bertz CT molecular complexity index is 444. The second-order valence-electron chi connectivity index (χ2n) is 5.15. The second-order valence-corrected chi connectivity index (χ2v) is 5.15. The van der Waals surface area contributed by atoms with Gasteiger partial charge in [-0.15, -0.1) is 0 Å². The number of carbonyl (C=O) groups is 1. The number of amides is 1. The molecule has 4 nitrogen and oxygen atoms in total. The molecule has 0 aromatic heterocycles. The standard InChI is InChI=1S/C14H19NO3/c1-8(2)13(17)14(18)15-12-10-6-4-3-5-9(10)7-11(12)16/h3-6,8,11-13,16-17H,7H2,1-2H3,(H,15,18)/t11-,12+,13-/m0/s1. The topological polar surface area (TPSA) is 69.6 Å². The quantitative estimate of drug-likeness (QED) is 0.741. The van der Waals surface area contributed by atoms with Gasteiger partial charge in [-0.2, -0.15) is 0 Å². The summed E-state index contributed by atoms with van der Waals surface area (Å²) in [7, 11) is 0. The van der Waals surface area contributed by atoms with Crippen LogP contribution in [0.1, 0.15) is 31.0 Å². The lowest BCUT2D eigenvalue weighted by Crippen LogP contribution is -2.42. The minimum Gasteiger partial charge on any atom is -0.390 e. The van der Waals surface area contributed by atoms with Crippen molar-refractivity contribution in [1.29, 1.82) is 0 Å². The molecule has 0 radical (unpaired) electrons. The summed E-state index contributed by atoms with van der Waals surface area (Å²) in [4.78, 5) is 11.8. The summed E-state index contributed by atoms with van der Waals surface area (Å²) >= 11 is 0. The molecule has 18 heavy (non-hydrogen) atoms. The highest BCUT2D eigenvalue weighted by Gasteiger charge is 2.33. The Morgan fingerprint density at radius 3 is 2.72 bits per heavy atom. The van der Waals surface area contributed by atoms with Gasteiger partial charge in [0.05, 0.1) is 12.1 Å². The molecule has 0 aliphatic heterocycles. The third-order valence-corrected chi connectivity index (χ3v) is 3.40. The van der Waals surface area contributed by atoms with Gasteiger partial charge in [-0.25, -0.2) is 0 Å². The van der Waals surface area contributed by atoms with Crippen LogP contribution in [0.25, 0.3) is 0 Å². The van der Waals surface area contributed by atoms with Crippen LogP contribution in [0.5, 0.6) is 0 Å². The molecule has 1 amide bonds. The van der Waals surface area contributed by atoms with E-state index in [1.807, 2.05) is 24.3 Å². The first-order valence-electron chi connectivity index (χ1n) is 6.25. The number of hydrogen-bond acceptors (Lipinski definition) is 3. The predicted molar refractivity (Wildman–Crippen MR) is 67.9 cm³/mol. The van der Waals surface area contributed by atoms with Crippen molar-refractivity contribution >= 4 is 5.91 Å². The second kappa shape index (κ2) is 5.08. The van der Waals surface area contributed by atoms with E-state index in [9.17, 15) is 15.0 Å². The van der Waals surface area contributed by atoms with Crippen LogP contribution < -0.4 is 5.32 Å². The van der Waals surface area contributed by atoms with Crippen LogP contribution >= 0.6 is 0 Å². The van der Waals surface area contributed by atoms with Gasteiger partial charge >= 0.3 is 0 Å². The van der Waals surface area contributed by atoms with Crippen molar-refractivity contribution in [2.24, 2.45) is 5.92 Å². The zero-order chi connectivity index (χ0) is 13.3. The number of nitrogens with one attached hydrogen (secondary N) is 1. The fourth-order valence-electron chi connectivity index (χ4n) is 2.29. The summed E-state index contributed by atoms with van der Waals surface area (Å²) < 4.78 is 0. The van der Waals surface area contributed by atoms with Gasteiger partial charge in [0.25, 0.3) is 0 Å². The smallest absolute Gasteiger partial charge is 0.249 e. The molecule has 2 rings (SSSR count). The van der Waals surface area contributed by atoms with Crippen LogP contribution in [0.4, 0.5) is 0 Å². The van der Waals surface area contributed by atoms with Crippen molar-refractivity contribution in [2.45, 2.75) is 38.5 Å². The molecule has 0 heterocycles. The van der Waals surface area contributed by atoms with Gasteiger partial charge in [0.15, 0.2) is 0 Å². The summed E-state index contributed by atoms with van der Waals surface area (Å²) in [5.74, 6) is -0.565. The van der Waals surface area contributed by atoms with Crippen molar-refractivity contribution in [3.63, 3.8) is 0 Å². The first-order valence-corrected chi connectivity index (χ1v) is 6.25. The van der Waals surface area contributed by atoms with Crippen LogP contribution in [-0.4, -0.2) is 28.3 Å². The van der Waals surface area contributed by atoms with Gasteiger partial charge < -0.3 is 15.5 Å². The zero-order valence-corrected chi connectivity index (χ0v) is 10.6. The Hall–Kier alpha value is -1.39. The molecular weight excluding hydrogens is 230 g/mol. The highest BCUT2D eigenvalue weighted by Crippen LogP contribution is 2.31. The van der Waals surface area contributed by atoms with E-state index in [1.165, 1.54) is 0 Å². The van der Waals surface area contributed by atoms with Gasteiger partial charge in [0.2, 0.25) is 5.91 Å².